The molecule has 0 saturated carbocycles. The second-order valence-corrected chi connectivity index (χ2v) is 6.53. The molecule has 0 fully saturated rings. The maximum atomic E-state index is 12.7. The second kappa shape index (κ2) is 7.67. The van der Waals surface area contributed by atoms with E-state index in [2.05, 4.69) is 10.1 Å². The number of aromatic nitrogens is 2. The predicted molar refractivity (Wildman–Crippen MR) is 103 cm³/mol. The van der Waals surface area contributed by atoms with Crippen LogP contribution >= 0.6 is 0 Å². The van der Waals surface area contributed by atoms with Gasteiger partial charge in [0.1, 0.15) is 13.1 Å². The Balaban J connectivity index is 1.45. The Morgan fingerprint density at radius 1 is 1.00 bits per heavy atom. The molecular formula is C21H18N4O4. The Kier molecular flexibility index (Phi) is 4.90. The number of likely N-dealkylation sites (N-methyl/N-ethyl adjacent to an activating group) is 1. The molecule has 3 aromatic rings. The molecule has 29 heavy (non-hydrogen) atoms. The summed E-state index contributed by atoms with van der Waals surface area (Å²) in [6.07, 6.45) is 0. The van der Waals surface area contributed by atoms with Crippen molar-refractivity contribution in [2.24, 2.45) is 0 Å². The van der Waals surface area contributed by atoms with E-state index < -0.39 is 11.8 Å². The molecule has 2 heterocycles. The summed E-state index contributed by atoms with van der Waals surface area (Å²) in [7, 11) is 0. The maximum absolute atomic E-state index is 12.7. The zero-order valence-corrected chi connectivity index (χ0v) is 15.7. The molecule has 0 bridgehead atoms. The highest BCUT2D eigenvalue weighted by atomic mass is 16.5. The van der Waals surface area contributed by atoms with Crippen LogP contribution in [0.5, 0.6) is 0 Å². The summed E-state index contributed by atoms with van der Waals surface area (Å²) in [6, 6.07) is 15.9. The first-order valence-corrected chi connectivity index (χ1v) is 9.19. The minimum absolute atomic E-state index is 0.0956. The van der Waals surface area contributed by atoms with E-state index in [1.54, 1.807) is 31.2 Å². The fourth-order valence-corrected chi connectivity index (χ4v) is 3.18. The Labute approximate surface area is 166 Å². The number of hydrogen-bond acceptors (Lipinski definition) is 6. The highest BCUT2D eigenvalue weighted by Crippen LogP contribution is 2.22. The van der Waals surface area contributed by atoms with Crippen LogP contribution in [0.2, 0.25) is 0 Å². The fourth-order valence-electron chi connectivity index (χ4n) is 3.18. The zero-order chi connectivity index (χ0) is 20.4. The van der Waals surface area contributed by atoms with Gasteiger partial charge in [0.25, 0.3) is 11.8 Å². The molecule has 0 atom stereocenters. The van der Waals surface area contributed by atoms with Gasteiger partial charge >= 0.3 is 0 Å². The number of imide groups is 1. The standard InChI is InChI=1S/C21H18N4O4/c1-2-24(12-17-22-19(23-29-17)14-8-4-3-5-9-14)18(26)13-25-20(27)15-10-6-7-11-16(15)21(25)28/h3-11H,2,12-13H2,1H3. The van der Waals surface area contributed by atoms with E-state index >= 15 is 0 Å². The number of amides is 3. The van der Waals surface area contributed by atoms with E-state index in [0.717, 1.165) is 10.5 Å². The van der Waals surface area contributed by atoms with Crippen LogP contribution in [-0.4, -0.2) is 50.8 Å². The largest absolute Gasteiger partial charge is 0.337 e. The third-order valence-corrected chi connectivity index (χ3v) is 4.73. The van der Waals surface area contributed by atoms with E-state index in [4.69, 9.17) is 4.52 Å². The van der Waals surface area contributed by atoms with Gasteiger partial charge in [-0.3, -0.25) is 19.3 Å². The van der Waals surface area contributed by atoms with E-state index in [1.807, 2.05) is 30.3 Å². The van der Waals surface area contributed by atoms with Gasteiger partial charge in [0.15, 0.2) is 0 Å². The Morgan fingerprint density at radius 2 is 1.62 bits per heavy atom. The Bertz CT molecular complexity index is 1040. The first-order valence-electron chi connectivity index (χ1n) is 9.19. The normalized spacial score (nSPS) is 12.9. The average molecular weight is 390 g/mol. The van der Waals surface area contributed by atoms with Crippen LogP contribution < -0.4 is 0 Å². The molecule has 4 rings (SSSR count). The van der Waals surface area contributed by atoms with Gasteiger partial charge in [-0.2, -0.15) is 4.98 Å². The summed E-state index contributed by atoms with van der Waals surface area (Å²) in [4.78, 5) is 44.4. The van der Waals surface area contributed by atoms with Crippen molar-refractivity contribution in [3.05, 3.63) is 71.6 Å². The quantitative estimate of drug-likeness (QED) is 0.600. The highest BCUT2D eigenvalue weighted by Gasteiger charge is 2.37. The SMILES string of the molecule is CCN(Cc1nc(-c2ccccc2)no1)C(=O)CN1C(=O)c2ccccc2C1=O. The average Bonchev–Trinajstić information content (AvgIpc) is 3.32. The van der Waals surface area contributed by atoms with Crippen molar-refractivity contribution in [2.75, 3.05) is 13.1 Å². The zero-order valence-electron chi connectivity index (χ0n) is 15.7. The van der Waals surface area contributed by atoms with Crippen molar-refractivity contribution in [3.8, 4) is 11.4 Å². The van der Waals surface area contributed by atoms with Gasteiger partial charge in [-0.15, -0.1) is 0 Å². The molecule has 2 aromatic carbocycles. The van der Waals surface area contributed by atoms with E-state index in [9.17, 15) is 14.4 Å². The molecular weight excluding hydrogens is 372 g/mol. The summed E-state index contributed by atoms with van der Waals surface area (Å²) in [5, 5.41) is 3.94. The second-order valence-electron chi connectivity index (χ2n) is 6.53. The van der Waals surface area contributed by atoms with Crippen LogP contribution in [-0.2, 0) is 11.3 Å². The summed E-state index contributed by atoms with van der Waals surface area (Å²) in [5.74, 6) is -0.578. The number of benzene rings is 2. The van der Waals surface area contributed by atoms with Crippen LogP contribution in [0.1, 0.15) is 33.5 Å². The molecule has 0 N–H and O–H groups in total. The molecule has 8 heteroatoms. The summed E-state index contributed by atoms with van der Waals surface area (Å²) in [6.45, 7) is 1.93. The molecule has 1 aliphatic rings. The molecule has 0 aliphatic carbocycles. The highest BCUT2D eigenvalue weighted by molar-refractivity contribution is 6.22. The van der Waals surface area contributed by atoms with Gasteiger partial charge in [-0.25, -0.2) is 0 Å². The first-order chi connectivity index (χ1) is 14.1. The number of nitrogens with zero attached hydrogens (tertiary/aromatic N) is 4. The van der Waals surface area contributed by atoms with Gasteiger partial charge in [0.05, 0.1) is 11.1 Å². The van der Waals surface area contributed by atoms with Crippen molar-refractivity contribution in [1.82, 2.24) is 19.9 Å². The van der Waals surface area contributed by atoms with Crippen molar-refractivity contribution in [1.29, 1.82) is 0 Å². The molecule has 0 unspecified atom stereocenters. The van der Waals surface area contributed by atoms with Crippen LogP contribution in [0.15, 0.2) is 59.1 Å². The lowest BCUT2D eigenvalue weighted by Crippen LogP contribution is -2.42. The Hall–Kier alpha value is -3.81. The van der Waals surface area contributed by atoms with Crippen molar-refractivity contribution < 1.29 is 18.9 Å². The minimum Gasteiger partial charge on any atom is -0.337 e. The lowest BCUT2D eigenvalue weighted by Gasteiger charge is -2.21. The van der Waals surface area contributed by atoms with Crippen molar-refractivity contribution in [2.45, 2.75) is 13.5 Å². The minimum atomic E-state index is -0.459. The van der Waals surface area contributed by atoms with Gasteiger partial charge in [0, 0.05) is 12.1 Å². The van der Waals surface area contributed by atoms with Gasteiger partial charge < -0.3 is 9.42 Å². The molecule has 146 valence electrons. The number of fused-ring (bicyclic) bond motifs is 1. The molecule has 0 spiro atoms. The lowest BCUT2D eigenvalue weighted by molar-refractivity contribution is -0.132. The Morgan fingerprint density at radius 3 is 2.24 bits per heavy atom. The van der Waals surface area contributed by atoms with Crippen molar-refractivity contribution in [3.63, 3.8) is 0 Å². The van der Waals surface area contributed by atoms with E-state index in [1.165, 1.54) is 4.90 Å². The molecule has 1 aromatic heterocycles. The summed E-state index contributed by atoms with van der Waals surface area (Å²) < 4.78 is 5.26. The number of carbonyl (C=O) groups excluding carboxylic acids is 3. The van der Waals surface area contributed by atoms with Crippen LogP contribution in [0.25, 0.3) is 11.4 Å². The molecule has 1 aliphatic heterocycles. The smallest absolute Gasteiger partial charge is 0.262 e. The third kappa shape index (κ3) is 3.52. The molecule has 0 saturated heterocycles. The number of rotatable bonds is 6. The van der Waals surface area contributed by atoms with Crippen LogP contribution in [0.3, 0.4) is 0 Å². The van der Waals surface area contributed by atoms with Gasteiger partial charge in [-0.05, 0) is 19.1 Å². The van der Waals surface area contributed by atoms with Gasteiger partial charge in [-0.1, -0.05) is 47.6 Å². The number of hydrogen-bond donors (Lipinski definition) is 0. The van der Waals surface area contributed by atoms with Gasteiger partial charge in [0.2, 0.25) is 17.6 Å². The predicted octanol–water partition coefficient (Wildman–Crippen LogP) is 2.38. The van der Waals surface area contributed by atoms with Crippen LogP contribution in [0.4, 0.5) is 0 Å². The van der Waals surface area contributed by atoms with E-state index in [-0.39, 0.29) is 24.9 Å². The van der Waals surface area contributed by atoms with Crippen molar-refractivity contribution >= 4 is 17.7 Å². The fraction of sp³-hybridized carbons (Fsp3) is 0.190. The molecule has 8 nitrogen and oxygen atoms in total. The van der Waals surface area contributed by atoms with E-state index in [0.29, 0.717) is 23.5 Å². The summed E-state index contributed by atoms with van der Waals surface area (Å²) in [5.41, 5.74) is 1.44. The monoisotopic (exact) mass is 390 g/mol. The molecule has 3 amide bonds. The first kappa shape index (κ1) is 18.5. The lowest BCUT2D eigenvalue weighted by atomic mass is 10.1. The number of carbonyl (C=O) groups is 3. The van der Waals surface area contributed by atoms with Crippen LogP contribution in [0, 0.1) is 0 Å². The maximum Gasteiger partial charge on any atom is 0.262 e. The topological polar surface area (TPSA) is 96.6 Å². The molecule has 0 radical (unpaired) electrons. The third-order valence-electron chi connectivity index (χ3n) is 4.73. The summed E-state index contributed by atoms with van der Waals surface area (Å²) >= 11 is 0.